The van der Waals surface area contributed by atoms with Gasteiger partial charge in [0.05, 0.1) is 12.1 Å². The third-order valence-corrected chi connectivity index (χ3v) is 3.10. The molecule has 116 valence electrons. The van der Waals surface area contributed by atoms with Crippen molar-refractivity contribution in [1.29, 1.82) is 0 Å². The van der Waals surface area contributed by atoms with Crippen LogP contribution in [-0.4, -0.2) is 35.6 Å². The van der Waals surface area contributed by atoms with Gasteiger partial charge in [0.1, 0.15) is 0 Å². The molecular formula is C15H21ClN2O3. The standard InChI is InChI=1S/C15H21ClN2O3/c1-15(2,10-19)18-13(20)4-3-9-17-14(21)11-5-7-12(16)8-6-11/h5-8,19H,3-4,9-10H2,1-2H3,(H,17,21)(H,18,20). The van der Waals surface area contributed by atoms with Crippen LogP contribution in [-0.2, 0) is 4.79 Å². The van der Waals surface area contributed by atoms with E-state index in [0.717, 1.165) is 0 Å². The van der Waals surface area contributed by atoms with Crippen LogP contribution < -0.4 is 10.6 Å². The van der Waals surface area contributed by atoms with Crippen molar-refractivity contribution in [1.82, 2.24) is 10.6 Å². The average Bonchev–Trinajstić information content (AvgIpc) is 2.43. The summed E-state index contributed by atoms with van der Waals surface area (Å²) < 4.78 is 0. The van der Waals surface area contributed by atoms with Gasteiger partial charge in [0, 0.05) is 23.6 Å². The minimum atomic E-state index is -0.621. The lowest BCUT2D eigenvalue weighted by molar-refractivity contribution is -0.123. The molecule has 0 radical (unpaired) electrons. The first-order valence-electron chi connectivity index (χ1n) is 6.80. The third-order valence-electron chi connectivity index (χ3n) is 2.85. The molecule has 6 heteroatoms. The first kappa shape index (κ1) is 17.5. The van der Waals surface area contributed by atoms with Gasteiger partial charge in [-0.3, -0.25) is 9.59 Å². The summed E-state index contributed by atoms with van der Waals surface area (Å²) in [5.74, 6) is -0.336. The van der Waals surface area contributed by atoms with Crippen molar-refractivity contribution in [2.75, 3.05) is 13.2 Å². The van der Waals surface area contributed by atoms with Crippen LogP contribution in [0.5, 0.6) is 0 Å². The number of aliphatic hydroxyl groups excluding tert-OH is 1. The average molecular weight is 313 g/mol. The van der Waals surface area contributed by atoms with Gasteiger partial charge in [-0.2, -0.15) is 0 Å². The van der Waals surface area contributed by atoms with E-state index in [-0.39, 0.29) is 18.4 Å². The SMILES string of the molecule is CC(C)(CO)NC(=O)CCCNC(=O)c1ccc(Cl)cc1. The maximum Gasteiger partial charge on any atom is 0.251 e. The second kappa shape index (κ2) is 8.00. The van der Waals surface area contributed by atoms with Crippen LogP contribution in [0.1, 0.15) is 37.0 Å². The summed E-state index contributed by atoms with van der Waals surface area (Å²) in [4.78, 5) is 23.4. The number of aliphatic hydroxyl groups is 1. The molecule has 5 nitrogen and oxygen atoms in total. The number of hydrogen-bond acceptors (Lipinski definition) is 3. The highest BCUT2D eigenvalue weighted by atomic mass is 35.5. The molecule has 0 aliphatic rings. The van der Waals surface area contributed by atoms with Crippen LogP contribution >= 0.6 is 11.6 Å². The fraction of sp³-hybridized carbons (Fsp3) is 0.467. The highest BCUT2D eigenvalue weighted by Gasteiger charge is 2.18. The third kappa shape index (κ3) is 6.60. The largest absolute Gasteiger partial charge is 0.394 e. The zero-order valence-electron chi connectivity index (χ0n) is 12.3. The van der Waals surface area contributed by atoms with Crippen LogP contribution in [0.15, 0.2) is 24.3 Å². The molecule has 3 N–H and O–H groups in total. The Morgan fingerprint density at radius 2 is 1.86 bits per heavy atom. The van der Waals surface area contributed by atoms with Crippen molar-refractivity contribution < 1.29 is 14.7 Å². The van der Waals surface area contributed by atoms with Gasteiger partial charge in [-0.25, -0.2) is 0 Å². The molecule has 0 saturated heterocycles. The number of benzene rings is 1. The van der Waals surface area contributed by atoms with Gasteiger partial charge in [-0.1, -0.05) is 11.6 Å². The lowest BCUT2D eigenvalue weighted by atomic mass is 10.1. The molecule has 0 saturated carbocycles. The Kier molecular flexibility index (Phi) is 6.65. The van der Waals surface area contributed by atoms with Crippen molar-refractivity contribution in [2.24, 2.45) is 0 Å². The number of nitrogens with one attached hydrogen (secondary N) is 2. The van der Waals surface area contributed by atoms with Gasteiger partial charge >= 0.3 is 0 Å². The molecule has 2 amide bonds. The van der Waals surface area contributed by atoms with Crippen LogP contribution in [0, 0.1) is 0 Å². The summed E-state index contributed by atoms with van der Waals surface area (Å²) in [5.41, 5.74) is -0.0887. The Bertz CT molecular complexity index is 486. The van der Waals surface area contributed by atoms with E-state index in [1.165, 1.54) is 0 Å². The minimum Gasteiger partial charge on any atom is -0.394 e. The lowest BCUT2D eigenvalue weighted by Gasteiger charge is -2.23. The molecular weight excluding hydrogens is 292 g/mol. The van der Waals surface area contributed by atoms with Gasteiger partial charge in [-0.05, 0) is 44.5 Å². The second-order valence-electron chi connectivity index (χ2n) is 5.46. The minimum absolute atomic E-state index is 0.119. The summed E-state index contributed by atoms with van der Waals surface area (Å²) in [6, 6.07) is 6.60. The molecule has 0 atom stereocenters. The lowest BCUT2D eigenvalue weighted by Crippen LogP contribution is -2.46. The number of amides is 2. The Hall–Kier alpha value is -1.59. The molecule has 0 aromatic heterocycles. The van der Waals surface area contributed by atoms with E-state index in [1.54, 1.807) is 38.1 Å². The summed E-state index contributed by atoms with van der Waals surface area (Å²) in [7, 11) is 0. The molecule has 0 bridgehead atoms. The van der Waals surface area contributed by atoms with E-state index in [4.69, 9.17) is 16.7 Å². The molecule has 0 heterocycles. The van der Waals surface area contributed by atoms with Gasteiger partial charge in [0.2, 0.25) is 5.91 Å². The van der Waals surface area contributed by atoms with Crippen LogP contribution in [0.4, 0.5) is 0 Å². The predicted octanol–water partition coefficient (Wildman–Crippen LogP) is 1.74. The van der Waals surface area contributed by atoms with Gasteiger partial charge in [0.15, 0.2) is 0 Å². The van der Waals surface area contributed by atoms with Gasteiger partial charge in [-0.15, -0.1) is 0 Å². The normalized spacial score (nSPS) is 11.0. The van der Waals surface area contributed by atoms with Crippen molar-refractivity contribution in [3.8, 4) is 0 Å². The number of rotatable bonds is 7. The quantitative estimate of drug-likeness (QED) is 0.671. The van der Waals surface area contributed by atoms with E-state index in [2.05, 4.69) is 10.6 Å². The zero-order valence-corrected chi connectivity index (χ0v) is 13.0. The van der Waals surface area contributed by atoms with Crippen LogP contribution in [0.2, 0.25) is 5.02 Å². The number of carbonyl (C=O) groups is 2. The van der Waals surface area contributed by atoms with E-state index in [1.807, 2.05) is 0 Å². The van der Waals surface area contributed by atoms with Gasteiger partial charge in [0.25, 0.3) is 5.91 Å². The van der Waals surface area contributed by atoms with E-state index < -0.39 is 5.54 Å². The van der Waals surface area contributed by atoms with E-state index in [9.17, 15) is 9.59 Å². The molecule has 0 aliphatic heterocycles. The van der Waals surface area contributed by atoms with Crippen molar-refractivity contribution in [3.63, 3.8) is 0 Å². The number of halogens is 1. The highest BCUT2D eigenvalue weighted by Crippen LogP contribution is 2.09. The van der Waals surface area contributed by atoms with Gasteiger partial charge < -0.3 is 15.7 Å². The van der Waals surface area contributed by atoms with Crippen LogP contribution in [0.25, 0.3) is 0 Å². The smallest absolute Gasteiger partial charge is 0.251 e. The Labute approximate surface area is 129 Å². The van der Waals surface area contributed by atoms with E-state index in [0.29, 0.717) is 30.0 Å². The fourth-order valence-electron chi connectivity index (χ4n) is 1.63. The van der Waals surface area contributed by atoms with Crippen molar-refractivity contribution >= 4 is 23.4 Å². The summed E-state index contributed by atoms with van der Waals surface area (Å²) in [6.07, 6.45) is 0.830. The molecule has 1 rings (SSSR count). The number of hydrogen-bond donors (Lipinski definition) is 3. The first-order chi connectivity index (χ1) is 9.84. The number of carbonyl (C=O) groups excluding carboxylic acids is 2. The maximum atomic E-state index is 11.8. The predicted molar refractivity (Wildman–Crippen MR) is 82.3 cm³/mol. The molecule has 21 heavy (non-hydrogen) atoms. The summed E-state index contributed by atoms with van der Waals surface area (Å²) >= 11 is 5.75. The topological polar surface area (TPSA) is 78.4 Å². The Morgan fingerprint density at radius 1 is 1.24 bits per heavy atom. The Balaban J connectivity index is 2.26. The molecule has 0 fully saturated rings. The van der Waals surface area contributed by atoms with E-state index >= 15 is 0 Å². The molecule has 0 unspecified atom stereocenters. The monoisotopic (exact) mass is 312 g/mol. The second-order valence-corrected chi connectivity index (χ2v) is 5.89. The fourth-order valence-corrected chi connectivity index (χ4v) is 1.76. The first-order valence-corrected chi connectivity index (χ1v) is 7.17. The maximum absolute atomic E-state index is 11.8. The summed E-state index contributed by atoms with van der Waals surface area (Å²) in [6.45, 7) is 3.78. The highest BCUT2D eigenvalue weighted by molar-refractivity contribution is 6.30. The zero-order chi connectivity index (χ0) is 15.9. The molecule has 0 spiro atoms. The summed E-state index contributed by atoms with van der Waals surface area (Å²) in [5, 5.41) is 15.1. The molecule has 1 aromatic carbocycles. The van der Waals surface area contributed by atoms with Crippen LogP contribution in [0.3, 0.4) is 0 Å². The van der Waals surface area contributed by atoms with Crippen molar-refractivity contribution in [2.45, 2.75) is 32.2 Å². The molecule has 0 aliphatic carbocycles. The molecule has 1 aromatic rings. The van der Waals surface area contributed by atoms with Crippen molar-refractivity contribution in [3.05, 3.63) is 34.9 Å². The Morgan fingerprint density at radius 3 is 2.43 bits per heavy atom.